The smallest absolute Gasteiger partial charge is 0.322 e. The highest BCUT2D eigenvalue weighted by molar-refractivity contribution is 5.90. The van der Waals surface area contributed by atoms with Gasteiger partial charge in [0.1, 0.15) is 0 Å². The molecule has 0 bridgehead atoms. The van der Waals surface area contributed by atoms with Gasteiger partial charge in [-0.1, -0.05) is 44.9 Å². The minimum absolute atomic E-state index is 0.0461. The molecule has 8 heteroatoms. The highest BCUT2D eigenvalue weighted by Gasteiger charge is 2.34. The third kappa shape index (κ3) is 10.3. The van der Waals surface area contributed by atoms with Crippen LogP contribution in [0.4, 0.5) is 32.3 Å². The molecular formula is C42H66N6O2. The zero-order valence-corrected chi connectivity index (χ0v) is 31.7. The second-order valence-corrected chi connectivity index (χ2v) is 15.1. The zero-order chi connectivity index (χ0) is 35.3. The summed E-state index contributed by atoms with van der Waals surface area (Å²) in [5.74, 6) is 0.908. The predicted molar refractivity (Wildman–Crippen MR) is 211 cm³/mol. The summed E-state index contributed by atoms with van der Waals surface area (Å²) < 4.78 is 0. The summed E-state index contributed by atoms with van der Waals surface area (Å²) in [6.07, 6.45) is 16.2. The topological polar surface area (TPSA) is 71.2 Å². The molecule has 0 unspecified atom stereocenters. The molecule has 4 amide bonds. The van der Waals surface area contributed by atoms with Gasteiger partial charge < -0.3 is 30.2 Å². The molecule has 2 aromatic carbocycles. The van der Waals surface area contributed by atoms with E-state index in [0.717, 1.165) is 102 Å². The van der Waals surface area contributed by atoms with Gasteiger partial charge in [0.15, 0.2) is 0 Å². The first-order valence-electron chi connectivity index (χ1n) is 20.3. The van der Waals surface area contributed by atoms with Gasteiger partial charge in [-0.05, 0) is 133 Å². The van der Waals surface area contributed by atoms with Crippen LogP contribution in [-0.2, 0) is 0 Å². The number of amides is 4. The number of hydrogen-bond acceptors (Lipinski definition) is 4. The molecule has 0 aliphatic heterocycles. The third-order valence-corrected chi connectivity index (χ3v) is 11.8. The van der Waals surface area contributed by atoms with Gasteiger partial charge in [0.25, 0.3) is 0 Å². The number of carbonyl (C=O) groups excluding carboxylic acids is 2. The molecule has 276 valence electrons. The number of nitrogens with zero attached hydrogens (tertiary/aromatic N) is 4. The quantitative estimate of drug-likeness (QED) is 0.208. The fourth-order valence-corrected chi connectivity index (χ4v) is 8.95. The maximum atomic E-state index is 14.0. The predicted octanol–water partition coefficient (Wildman–Crippen LogP) is 10.2. The monoisotopic (exact) mass is 687 g/mol. The molecule has 8 nitrogen and oxygen atoms in total. The van der Waals surface area contributed by atoms with Crippen LogP contribution in [0.3, 0.4) is 0 Å². The van der Waals surface area contributed by atoms with E-state index in [2.05, 4.69) is 82.2 Å². The Labute approximate surface area is 303 Å². The van der Waals surface area contributed by atoms with Gasteiger partial charge in [0, 0.05) is 74.1 Å². The molecule has 3 aliphatic rings. The zero-order valence-electron chi connectivity index (χ0n) is 31.7. The van der Waals surface area contributed by atoms with Crippen LogP contribution in [0.1, 0.15) is 118 Å². The van der Waals surface area contributed by atoms with E-state index in [1.165, 1.54) is 49.9 Å². The normalized spacial score (nSPS) is 20.2. The minimum Gasteiger partial charge on any atom is -0.372 e. The van der Waals surface area contributed by atoms with E-state index in [0.29, 0.717) is 23.9 Å². The van der Waals surface area contributed by atoms with E-state index in [1.807, 2.05) is 24.3 Å². The summed E-state index contributed by atoms with van der Waals surface area (Å²) in [6, 6.07) is 17.4. The van der Waals surface area contributed by atoms with Crippen molar-refractivity contribution < 1.29 is 9.59 Å². The second kappa shape index (κ2) is 19.3. The van der Waals surface area contributed by atoms with Gasteiger partial charge in [-0.2, -0.15) is 0 Å². The van der Waals surface area contributed by atoms with E-state index in [4.69, 9.17) is 0 Å². The maximum Gasteiger partial charge on any atom is 0.322 e. The van der Waals surface area contributed by atoms with Crippen molar-refractivity contribution in [2.75, 3.05) is 59.7 Å². The molecule has 0 spiro atoms. The number of benzene rings is 2. The van der Waals surface area contributed by atoms with Crippen molar-refractivity contribution in [1.29, 1.82) is 0 Å². The summed E-state index contributed by atoms with van der Waals surface area (Å²) in [7, 11) is 0. The van der Waals surface area contributed by atoms with Crippen molar-refractivity contribution in [3.63, 3.8) is 0 Å². The Bertz CT molecular complexity index is 1200. The molecule has 3 fully saturated rings. The van der Waals surface area contributed by atoms with Crippen LogP contribution in [0.25, 0.3) is 0 Å². The average Bonchev–Trinajstić information content (AvgIpc) is 3.16. The molecule has 5 rings (SSSR count). The largest absolute Gasteiger partial charge is 0.372 e. The lowest BCUT2D eigenvalue weighted by Crippen LogP contribution is -2.48. The van der Waals surface area contributed by atoms with Crippen molar-refractivity contribution in [1.82, 2.24) is 9.80 Å². The molecule has 3 saturated carbocycles. The van der Waals surface area contributed by atoms with Gasteiger partial charge >= 0.3 is 12.1 Å². The lowest BCUT2D eigenvalue weighted by atomic mass is 9.80. The summed E-state index contributed by atoms with van der Waals surface area (Å²) in [5.41, 5.74) is 4.11. The van der Waals surface area contributed by atoms with Gasteiger partial charge in [0.2, 0.25) is 0 Å². The third-order valence-electron chi connectivity index (χ3n) is 11.8. The van der Waals surface area contributed by atoms with E-state index >= 15 is 0 Å². The molecule has 0 saturated heterocycles. The summed E-state index contributed by atoms with van der Waals surface area (Å²) in [6.45, 7) is 14.2. The Morgan fingerprint density at radius 3 is 1.22 bits per heavy atom. The molecule has 0 radical (unpaired) electrons. The minimum atomic E-state index is 0.0461. The number of rotatable bonds is 14. The SMILES string of the molecule is CCN(CC)c1ccc(NC(=O)N(C[C@@H]2CCC[C@H](CN(C(=O)Nc3ccc(N(CC)CC)cc3)C3CCCCC3)C2)C2CCCCC2)cc1. The molecule has 2 aromatic rings. The number of hydrogen-bond donors (Lipinski definition) is 2. The first kappa shape index (κ1) is 37.8. The molecule has 2 N–H and O–H groups in total. The number of nitrogens with one attached hydrogen (secondary N) is 2. The first-order chi connectivity index (χ1) is 24.4. The summed E-state index contributed by atoms with van der Waals surface area (Å²) in [5, 5.41) is 6.55. The standard InChI is InChI=1S/C42H66N6O2/c1-5-45(6-2)37-26-22-35(23-27-37)43-41(49)47(39-18-11-9-12-19-39)31-33-16-15-17-34(30-33)32-48(40-20-13-10-14-21-40)42(50)44-36-24-28-38(29-25-36)46(7-3)8-4/h22-29,33-34,39-40H,5-21,30-32H2,1-4H3,(H,43,49)(H,44,50)/t33-,34+. The molecule has 0 heterocycles. The molecule has 0 aromatic heterocycles. The van der Waals surface area contributed by atoms with Crippen molar-refractivity contribution in [2.24, 2.45) is 11.8 Å². The Morgan fingerprint density at radius 1 is 0.520 bits per heavy atom. The van der Waals surface area contributed by atoms with Crippen molar-refractivity contribution in [2.45, 2.75) is 130 Å². The number of carbonyl (C=O) groups is 2. The summed E-state index contributed by atoms with van der Waals surface area (Å²) in [4.78, 5) is 37.0. The Balaban J connectivity index is 1.24. The second-order valence-electron chi connectivity index (χ2n) is 15.1. The average molecular weight is 687 g/mol. The Kier molecular flexibility index (Phi) is 14.6. The maximum absolute atomic E-state index is 14.0. The fourth-order valence-electron chi connectivity index (χ4n) is 8.95. The number of urea groups is 2. The molecular weight excluding hydrogens is 621 g/mol. The number of anilines is 4. The van der Waals surface area contributed by atoms with Gasteiger partial charge in [-0.3, -0.25) is 0 Å². The van der Waals surface area contributed by atoms with Gasteiger partial charge in [-0.25, -0.2) is 9.59 Å². The molecule has 3 aliphatic carbocycles. The van der Waals surface area contributed by atoms with E-state index in [-0.39, 0.29) is 12.1 Å². The van der Waals surface area contributed by atoms with Crippen LogP contribution >= 0.6 is 0 Å². The fraction of sp³-hybridized carbons (Fsp3) is 0.667. The first-order valence-corrected chi connectivity index (χ1v) is 20.3. The molecule has 50 heavy (non-hydrogen) atoms. The lowest BCUT2D eigenvalue weighted by Gasteiger charge is -2.41. The van der Waals surface area contributed by atoms with Crippen molar-refractivity contribution in [3.05, 3.63) is 48.5 Å². The van der Waals surface area contributed by atoms with Crippen LogP contribution in [0.2, 0.25) is 0 Å². The van der Waals surface area contributed by atoms with Gasteiger partial charge in [0.05, 0.1) is 0 Å². The highest BCUT2D eigenvalue weighted by Crippen LogP contribution is 2.34. The Morgan fingerprint density at radius 2 is 0.880 bits per heavy atom. The van der Waals surface area contributed by atoms with Crippen LogP contribution < -0.4 is 20.4 Å². The van der Waals surface area contributed by atoms with E-state index in [9.17, 15) is 9.59 Å². The Hall–Kier alpha value is -3.42. The highest BCUT2D eigenvalue weighted by atomic mass is 16.2. The van der Waals surface area contributed by atoms with Crippen LogP contribution in [0.5, 0.6) is 0 Å². The summed E-state index contributed by atoms with van der Waals surface area (Å²) >= 11 is 0. The van der Waals surface area contributed by atoms with Crippen molar-refractivity contribution >= 4 is 34.8 Å². The van der Waals surface area contributed by atoms with Gasteiger partial charge in [-0.15, -0.1) is 0 Å². The van der Waals surface area contributed by atoms with Crippen molar-refractivity contribution in [3.8, 4) is 0 Å². The van der Waals surface area contributed by atoms with E-state index in [1.54, 1.807) is 0 Å². The van der Waals surface area contributed by atoms with E-state index < -0.39 is 0 Å². The van der Waals surface area contributed by atoms with Crippen LogP contribution in [0, 0.1) is 11.8 Å². The lowest BCUT2D eigenvalue weighted by molar-refractivity contribution is 0.111. The van der Waals surface area contributed by atoms with Crippen LogP contribution in [-0.4, -0.2) is 73.2 Å². The molecule has 2 atom stereocenters. The van der Waals surface area contributed by atoms with Crippen LogP contribution in [0.15, 0.2) is 48.5 Å².